The lowest BCUT2D eigenvalue weighted by atomic mass is 10.1. The van der Waals surface area contributed by atoms with Crippen molar-refractivity contribution in [2.24, 2.45) is 0 Å². The van der Waals surface area contributed by atoms with Crippen LogP contribution in [0.5, 0.6) is 0 Å². The van der Waals surface area contributed by atoms with Gasteiger partial charge in [0.05, 0.1) is 59.0 Å². The third kappa shape index (κ3) is 14.1. The second kappa shape index (κ2) is 17.6. The maximum Gasteiger partial charge on any atom is 0.0704 e. The highest BCUT2D eigenvalue weighted by Gasteiger charge is 2.12. The first-order valence-corrected chi connectivity index (χ1v) is 9.56. The molecule has 0 amide bonds. The van der Waals surface area contributed by atoms with E-state index in [0.29, 0.717) is 59.0 Å². The van der Waals surface area contributed by atoms with E-state index in [1.165, 1.54) is 12.8 Å². The van der Waals surface area contributed by atoms with Gasteiger partial charge in [0, 0.05) is 6.61 Å². The molecule has 0 unspecified atom stereocenters. The predicted molar refractivity (Wildman–Crippen MR) is 94.6 cm³/mol. The van der Waals surface area contributed by atoms with E-state index in [1.54, 1.807) is 0 Å². The van der Waals surface area contributed by atoms with Crippen LogP contribution < -0.4 is 5.32 Å². The fourth-order valence-electron chi connectivity index (χ4n) is 2.45. The number of hydrogen-bond acceptors (Lipinski definition) is 6. The number of hydrogen-bond donors (Lipinski definition) is 1. The van der Waals surface area contributed by atoms with Crippen LogP contribution >= 0.6 is 0 Å². The zero-order chi connectivity index (χ0) is 17.1. The molecule has 1 aliphatic rings. The molecule has 0 saturated carbocycles. The summed E-state index contributed by atoms with van der Waals surface area (Å²) in [5, 5.41) is 3.33. The Balaban J connectivity index is 1.66. The van der Waals surface area contributed by atoms with Crippen molar-refractivity contribution in [1.29, 1.82) is 0 Å². The van der Waals surface area contributed by atoms with Crippen LogP contribution in [0.1, 0.15) is 39.0 Å². The van der Waals surface area contributed by atoms with Crippen molar-refractivity contribution in [2.75, 3.05) is 72.6 Å². The maximum absolute atomic E-state index is 5.76. The molecule has 0 radical (unpaired) electrons. The minimum absolute atomic E-state index is 0.402. The van der Waals surface area contributed by atoms with E-state index in [4.69, 9.17) is 23.7 Å². The normalized spacial score (nSPS) is 15.9. The second-order valence-electron chi connectivity index (χ2n) is 5.98. The number of rotatable bonds is 17. The Labute approximate surface area is 147 Å². The van der Waals surface area contributed by atoms with Gasteiger partial charge in [0.1, 0.15) is 0 Å². The molecule has 6 heteroatoms. The van der Waals surface area contributed by atoms with Gasteiger partial charge in [-0.15, -0.1) is 0 Å². The van der Waals surface area contributed by atoms with Crippen LogP contribution in [0.25, 0.3) is 0 Å². The third-order valence-corrected chi connectivity index (χ3v) is 3.88. The van der Waals surface area contributed by atoms with Gasteiger partial charge in [-0.25, -0.2) is 0 Å². The first-order valence-electron chi connectivity index (χ1n) is 9.56. The van der Waals surface area contributed by atoms with Gasteiger partial charge in [0.15, 0.2) is 0 Å². The predicted octanol–water partition coefficient (Wildman–Crippen LogP) is 2.01. The Kier molecular flexibility index (Phi) is 16.0. The van der Waals surface area contributed by atoms with Gasteiger partial charge in [0.2, 0.25) is 0 Å². The molecule has 0 spiro atoms. The molecule has 0 aromatic carbocycles. The molecular weight excluding hydrogens is 310 g/mol. The monoisotopic (exact) mass is 347 g/mol. The Bertz CT molecular complexity index is 250. The molecule has 144 valence electrons. The summed E-state index contributed by atoms with van der Waals surface area (Å²) >= 11 is 0. The second-order valence-corrected chi connectivity index (χ2v) is 5.98. The smallest absolute Gasteiger partial charge is 0.0704 e. The van der Waals surface area contributed by atoms with E-state index >= 15 is 0 Å². The lowest BCUT2D eigenvalue weighted by molar-refractivity contribution is -0.0280. The molecule has 24 heavy (non-hydrogen) atoms. The molecule has 0 bridgehead atoms. The summed E-state index contributed by atoms with van der Waals surface area (Å²) in [6, 6.07) is 0. The van der Waals surface area contributed by atoms with Crippen LogP contribution in [0.15, 0.2) is 0 Å². The molecule has 1 saturated heterocycles. The van der Waals surface area contributed by atoms with Gasteiger partial charge in [-0.3, -0.25) is 0 Å². The van der Waals surface area contributed by atoms with Gasteiger partial charge < -0.3 is 29.0 Å². The molecule has 1 fully saturated rings. The zero-order valence-electron chi connectivity index (χ0n) is 15.4. The van der Waals surface area contributed by atoms with Crippen molar-refractivity contribution in [3.63, 3.8) is 0 Å². The SMILES string of the molecule is CCCCCOCCOCCOCCOCCOC1CCNCC1. The summed E-state index contributed by atoms with van der Waals surface area (Å²) in [5.41, 5.74) is 0. The summed E-state index contributed by atoms with van der Waals surface area (Å²) in [4.78, 5) is 0. The molecule has 1 rings (SSSR count). The average Bonchev–Trinajstić information content (AvgIpc) is 2.62. The Morgan fingerprint density at radius 1 is 0.667 bits per heavy atom. The van der Waals surface area contributed by atoms with Crippen LogP contribution in [0.4, 0.5) is 0 Å². The van der Waals surface area contributed by atoms with Gasteiger partial charge in [0.25, 0.3) is 0 Å². The van der Waals surface area contributed by atoms with Crippen molar-refractivity contribution in [3.8, 4) is 0 Å². The van der Waals surface area contributed by atoms with Crippen LogP contribution in [0, 0.1) is 0 Å². The van der Waals surface area contributed by atoms with Crippen molar-refractivity contribution >= 4 is 0 Å². The fraction of sp³-hybridized carbons (Fsp3) is 1.00. The molecule has 1 aliphatic heterocycles. The highest BCUT2D eigenvalue weighted by atomic mass is 16.6. The van der Waals surface area contributed by atoms with Crippen molar-refractivity contribution in [2.45, 2.75) is 45.1 Å². The minimum Gasteiger partial charge on any atom is -0.379 e. The number of piperidine rings is 1. The van der Waals surface area contributed by atoms with E-state index in [2.05, 4.69) is 12.2 Å². The molecule has 0 aliphatic carbocycles. The maximum atomic E-state index is 5.76. The first kappa shape index (κ1) is 21.8. The van der Waals surface area contributed by atoms with E-state index in [0.717, 1.165) is 39.0 Å². The number of unbranched alkanes of at least 4 members (excludes halogenated alkanes) is 2. The summed E-state index contributed by atoms with van der Waals surface area (Å²) in [6.07, 6.45) is 6.22. The van der Waals surface area contributed by atoms with Crippen LogP contribution in [0.2, 0.25) is 0 Å². The number of nitrogens with one attached hydrogen (secondary N) is 1. The molecule has 1 heterocycles. The van der Waals surface area contributed by atoms with E-state index < -0.39 is 0 Å². The lowest BCUT2D eigenvalue weighted by Gasteiger charge is -2.22. The fourth-order valence-corrected chi connectivity index (χ4v) is 2.45. The van der Waals surface area contributed by atoms with Gasteiger partial charge >= 0.3 is 0 Å². The Morgan fingerprint density at radius 2 is 1.17 bits per heavy atom. The quantitative estimate of drug-likeness (QED) is 0.406. The topological polar surface area (TPSA) is 58.2 Å². The molecule has 1 N–H and O–H groups in total. The summed E-state index contributed by atoms with van der Waals surface area (Å²) in [6.45, 7) is 10.2. The van der Waals surface area contributed by atoms with Crippen molar-refractivity contribution in [3.05, 3.63) is 0 Å². The molecular formula is C18H37NO5. The van der Waals surface area contributed by atoms with Crippen LogP contribution in [-0.2, 0) is 23.7 Å². The molecule has 0 atom stereocenters. The van der Waals surface area contributed by atoms with Gasteiger partial charge in [-0.1, -0.05) is 19.8 Å². The minimum atomic E-state index is 0.402. The highest BCUT2D eigenvalue weighted by Crippen LogP contribution is 2.06. The summed E-state index contributed by atoms with van der Waals surface area (Å²) < 4.78 is 27.6. The van der Waals surface area contributed by atoms with E-state index in [9.17, 15) is 0 Å². The molecule has 0 aromatic heterocycles. The van der Waals surface area contributed by atoms with Crippen molar-refractivity contribution < 1.29 is 23.7 Å². The third-order valence-electron chi connectivity index (χ3n) is 3.88. The zero-order valence-corrected chi connectivity index (χ0v) is 15.4. The first-order chi connectivity index (χ1) is 11.9. The molecule has 0 aromatic rings. The largest absolute Gasteiger partial charge is 0.379 e. The average molecular weight is 347 g/mol. The van der Waals surface area contributed by atoms with Gasteiger partial charge in [-0.05, 0) is 32.4 Å². The Hall–Kier alpha value is -0.240. The van der Waals surface area contributed by atoms with Gasteiger partial charge in [-0.2, -0.15) is 0 Å². The lowest BCUT2D eigenvalue weighted by Crippen LogP contribution is -2.33. The van der Waals surface area contributed by atoms with Crippen molar-refractivity contribution in [1.82, 2.24) is 5.32 Å². The van der Waals surface area contributed by atoms with Crippen LogP contribution in [-0.4, -0.2) is 78.7 Å². The standard InChI is InChI=1S/C18H37NO5/c1-2-3-4-9-20-10-11-21-12-13-22-14-15-23-16-17-24-18-5-7-19-8-6-18/h18-19H,2-17H2,1H3. The van der Waals surface area contributed by atoms with Crippen LogP contribution in [0.3, 0.4) is 0 Å². The summed E-state index contributed by atoms with van der Waals surface area (Å²) in [5.74, 6) is 0. The molecule has 6 nitrogen and oxygen atoms in total. The highest BCUT2D eigenvalue weighted by molar-refractivity contribution is 4.67. The Morgan fingerprint density at radius 3 is 1.71 bits per heavy atom. The number of ether oxygens (including phenoxy) is 5. The van der Waals surface area contributed by atoms with E-state index in [-0.39, 0.29) is 0 Å². The summed E-state index contributed by atoms with van der Waals surface area (Å²) in [7, 11) is 0. The van der Waals surface area contributed by atoms with E-state index in [1.807, 2.05) is 0 Å².